The van der Waals surface area contributed by atoms with Crippen LogP contribution in [0.25, 0.3) is 0 Å². The highest BCUT2D eigenvalue weighted by Crippen LogP contribution is 2.26. The van der Waals surface area contributed by atoms with Gasteiger partial charge in [0.05, 0.1) is 11.9 Å². The van der Waals surface area contributed by atoms with Gasteiger partial charge in [0.25, 0.3) is 0 Å². The molecule has 1 fully saturated rings. The topological polar surface area (TPSA) is 72.9 Å². The van der Waals surface area contributed by atoms with Gasteiger partial charge in [0.2, 0.25) is 5.91 Å². The van der Waals surface area contributed by atoms with Crippen molar-refractivity contribution in [1.82, 2.24) is 14.9 Å². The Labute approximate surface area is 108 Å². The lowest BCUT2D eigenvalue weighted by Crippen LogP contribution is -2.57. The number of carbonyl (C=O) groups is 1. The van der Waals surface area contributed by atoms with Gasteiger partial charge < -0.3 is 15.6 Å². The van der Waals surface area contributed by atoms with E-state index in [0.717, 1.165) is 32.2 Å². The molecule has 1 unspecified atom stereocenters. The molecule has 1 heterocycles. The molecule has 3 N–H and O–H groups in total. The van der Waals surface area contributed by atoms with Crippen molar-refractivity contribution in [3.05, 3.63) is 18.7 Å². The number of carbonyl (C=O) groups excluding carboxylic acids is 1. The highest BCUT2D eigenvalue weighted by molar-refractivity contribution is 5.86. The van der Waals surface area contributed by atoms with E-state index in [-0.39, 0.29) is 11.9 Å². The van der Waals surface area contributed by atoms with E-state index in [1.165, 1.54) is 6.42 Å². The maximum atomic E-state index is 12.2. The van der Waals surface area contributed by atoms with Crippen LogP contribution in [0, 0.1) is 0 Å². The van der Waals surface area contributed by atoms with E-state index in [0.29, 0.717) is 0 Å². The lowest BCUT2D eigenvalue weighted by molar-refractivity contribution is -0.128. The van der Waals surface area contributed by atoms with Gasteiger partial charge in [-0.15, -0.1) is 0 Å². The number of imidazole rings is 1. The number of nitrogens with two attached hydrogens (primary N) is 1. The summed E-state index contributed by atoms with van der Waals surface area (Å²) in [5, 5.41) is 3.02. The Hall–Kier alpha value is -1.36. The van der Waals surface area contributed by atoms with Gasteiger partial charge in [0.1, 0.15) is 0 Å². The zero-order chi connectivity index (χ0) is 13.0. The molecule has 100 valence electrons. The van der Waals surface area contributed by atoms with Crippen molar-refractivity contribution in [2.75, 3.05) is 0 Å². The summed E-state index contributed by atoms with van der Waals surface area (Å²) in [7, 11) is 0. The van der Waals surface area contributed by atoms with Crippen LogP contribution in [-0.4, -0.2) is 27.0 Å². The van der Waals surface area contributed by atoms with E-state index in [4.69, 9.17) is 5.73 Å². The summed E-state index contributed by atoms with van der Waals surface area (Å²) < 4.78 is 1.95. The molecular formula is C13H22N4O. The van der Waals surface area contributed by atoms with E-state index in [1.54, 1.807) is 12.5 Å². The first kappa shape index (κ1) is 13.1. The monoisotopic (exact) mass is 250 g/mol. The first-order valence-corrected chi connectivity index (χ1v) is 6.66. The molecule has 1 aliphatic carbocycles. The molecule has 0 aliphatic heterocycles. The Morgan fingerprint density at radius 2 is 2.22 bits per heavy atom. The van der Waals surface area contributed by atoms with Crippen LogP contribution in [0.2, 0.25) is 0 Å². The van der Waals surface area contributed by atoms with Gasteiger partial charge >= 0.3 is 0 Å². The summed E-state index contributed by atoms with van der Waals surface area (Å²) in [5.41, 5.74) is 5.54. The second-order valence-electron chi connectivity index (χ2n) is 5.35. The Balaban J connectivity index is 1.86. The van der Waals surface area contributed by atoms with Gasteiger partial charge in [-0.3, -0.25) is 4.79 Å². The largest absolute Gasteiger partial charge is 0.350 e. The molecule has 1 saturated carbocycles. The van der Waals surface area contributed by atoms with Crippen molar-refractivity contribution in [2.24, 2.45) is 5.73 Å². The van der Waals surface area contributed by atoms with Crippen molar-refractivity contribution in [1.29, 1.82) is 0 Å². The van der Waals surface area contributed by atoms with Crippen LogP contribution in [-0.2, 0) is 11.3 Å². The first-order valence-electron chi connectivity index (χ1n) is 6.66. The number of nitrogens with one attached hydrogen (secondary N) is 1. The predicted molar refractivity (Wildman–Crippen MR) is 69.8 cm³/mol. The average molecular weight is 250 g/mol. The minimum absolute atomic E-state index is 0.00480. The highest BCUT2D eigenvalue weighted by Gasteiger charge is 2.35. The fraction of sp³-hybridized carbons (Fsp3) is 0.692. The predicted octanol–water partition coefficient (Wildman–Crippen LogP) is 1.05. The van der Waals surface area contributed by atoms with E-state index >= 15 is 0 Å². The molecule has 5 nitrogen and oxygen atoms in total. The molecule has 0 bridgehead atoms. The SMILES string of the molecule is CC(Cn1ccnc1)NC(=O)C1(N)CCCCC1. The molecule has 0 saturated heterocycles. The van der Waals surface area contributed by atoms with Crippen molar-refractivity contribution in [3.63, 3.8) is 0 Å². The van der Waals surface area contributed by atoms with Crippen LogP contribution in [0.5, 0.6) is 0 Å². The minimum Gasteiger partial charge on any atom is -0.350 e. The molecule has 1 aromatic heterocycles. The van der Waals surface area contributed by atoms with E-state index in [9.17, 15) is 4.79 Å². The summed E-state index contributed by atoms with van der Waals surface area (Å²) in [4.78, 5) is 16.2. The molecule has 2 rings (SSSR count). The van der Waals surface area contributed by atoms with Crippen molar-refractivity contribution in [2.45, 2.75) is 57.2 Å². The highest BCUT2D eigenvalue weighted by atomic mass is 16.2. The van der Waals surface area contributed by atoms with Gasteiger partial charge in [-0.2, -0.15) is 0 Å². The van der Waals surface area contributed by atoms with Gasteiger partial charge in [0, 0.05) is 25.0 Å². The minimum atomic E-state index is -0.651. The van der Waals surface area contributed by atoms with Crippen LogP contribution in [0.1, 0.15) is 39.0 Å². The van der Waals surface area contributed by atoms with Crippen LogP contribution in [0.3, 0.4) is 0 Å². The Bertz CT molecular complexity index is 382. The van der Waals surface area contributed by atoms with Crippen LogP contribution >= 0.6 is 0 Å². The second kappa shape index (κ2) is 5.52. The molecule has 5 heteroatoms. The normalized spacial score (nSPS) is 20.3. The number of nitrogens with zero attached hydrogens (tertiary/aromatic N) is 2. The van der Waals surface area contributed by atoms with E-state index in [2.05, 4.69) is 10.3 Å². The summed E-state index contributed by atoms with van der Waals surface area (Å²) in [6.45, 7) is 2.71. The quantitative estimate of drug-likeness (QED) is 0.839. The van der Waals surface area contributed by atoms with Gasteiger partial charge in [-0.1, -0.05) is 19.3 Å². The summed E-state index contributed by atoms with van der Waals surface area (Å²) >= 11 is 0. The lowest BCUT2D eigenvalue weighted by atomic mass is 9.82. The van der Waals surface area contributed by atoms with Crippen molar-refractivity contribution < 1.29 is 4.79 Å². The van der Waals surface area contributed by atoms with E-state index < -0.39 is 5.54 Å². The molecule has 1 aromatic rings. The third kappa shape index (κ3) is 3.10. The molecular weight excluding hydrogens is 228 g/mol. The van der Waals surface area contributed by atoms with Gasteiger partial charge in [-0.05, 0) is 19.8 Å². The molecule has 0 aromatic carbocycles. The maximum Gasteiger partial charge on any atom is 0.240 e. The standard InChI is InChI=1S/C13H22N4O/c1-11(9-17-8-7-15-10-17)16-12(18)13(14)5-3-2-4-6-13/h7-8,10-11H,2-6,9,14H2,1H3,(H,16,18). The fourth-order valence-electron chi connectivity index (χ4n) is 2.53. The summed E-state index contributed by atoms with van der Waals surface area (Å²) in [6, 6.07) is 0.0639. The lowest BCUT2D eigenvalue weighted by Gasteiger charge is -2.33. The smallest absolute Gasteiger partial charge is 0.240 e. The Morgan fingerprint density at radius 3 is 2.83 bits per heavy atom. The average Bonchev–Trinajstić information content (AvgIpc) is 2.82. The molecule has 0 spiro atoms. The third-order valence-corrected chi connectivity index (χ3v) is 3.62. The zero-order valence-corrected chi connectivity index (χ0v) is 10.9. The molecule has 1 amide bonds. The fourth-order valence-corrected chi connectivity index (χ4v) is 2.53. The number of hydrogen-bond donors (Lipinski definition) is 2. The van der Waals surface area contributed by atoms with Crippen molar-refractivity contribution in [3.8, 4) is 0 Å². The Kier molecular flexibility index (Phi) is 4.01. The van der Waals surface area contributed by atoms with E-state index in [1.807, 2.05) is 17.7 Å². The van der Waals surface area contributed by atoms with Crippen LogP contribution in [0.4, 0.5) is 0 Å². The number of aromatic nitrogens is 2. The van der Waals surface area contributed by atoms with Crippen molar-refractivity contribution >= 4 is 5.91 Å². The first-order chi connectivity index (χ1) is 8.60. The zero-order valence-electron chi connectivity index (χ0n) is 10.9. The summed E-state index contributed by atoms with van der Waals surface area (Å²) in [5.74, 6) is -0.00480. The number of hydrogen-bond acceptors (Lipinski definition) is 3. The third-order valence-electron chi connectivity index (χ3n) is 3.62. The second-order valence-corrected chi connectivity index (χ2v) is 5.35. The van der Waals surface area contributed by atoms with Crippen LogP contribution in [0.15, 0.2) is 18.7 Å². The van der Waals surface area contributed by atoms with Gasteiger partial charge in [-0.25, -0.2) is 4.98 Å². The molecule has 1 aliphatic rings. The maximum absolute atomic E-state index is 12.2. The molecule has 0 radical (unpaired) electrons. The molecule has 1 atom stereocenters. The Morgan fingerprint density at radius 1 is 1.50 bits per heavy atom. The summed E-state index contributed by atoms with van der Waals surface area (Å²) in [6.07, 6.45) is 10.3. The number of amides is 1. The number of rotatable bonds is 4. The molecule has 18 heavy (non-hydrogen) atoms. The van der Waals surface area contributed by atoms with Crippen LogP contribution < -0.4 is 11.1 Å². The van der Waals surface area contributed by atoms with Gasteiger partial charge in [0.15, 0.2) is 0 Å².